The Balaban J connectivity index is 0.000000286. The van der Waals surface area contributed by atoms with Gasteiger partial charge in [0.15, 0.2) is 0 Å². The van der Waals surface area contributed by atoms with Gasteiger partial charge in [0.05, 0.1) is 57.9 Å². The van der Waals surface area contributed by atoms with E-state index in [9.17, 15) is 59.4 Å². The predicted octanol–water partition coefficient (Wildman–Crippen LogP) is 9.24. The Morgan fingerprint density at radius 1 is 0.229 bits per heavy atom. The van der Waals surface area contributed by atoms with Crippen molar-refractivity contribution >= 4 is 79.4 Å². The number of carbonyl (C=O) groups is 6. The molecule has 0 fully saturated rings. The summed E-state index contributed by atoms with van der Waals surface area (Å²) in [4.78, 5) is 79.1. The second-order valence-electron chi connectivity index (χ2n) is 20.5. The van der Waals surface area contributed by atoms with Crippen LogP contribution in [0.15, 0.2) is 243 Å². The summed E-state index contributed by atoms with van der Waals surface area (Å²) >= 11 is 0. The molecular formula is C78H70N4O12Sm2. The maximum atomic E-state index is 10.3. The molecule has 4 aromatic heterocycles. The van der Waals surface area contributed by atoms with Gasteiger partial charge in [0.1, 0.15) is 0 Å². The molecule has 0 aliphatic heterocycles. The van der Waals surface area contributed by atoms with Gasteiger partial charge < -0.3 is 59.4 Å². The van der Waals surface area contributed by atoms with Crippen molar-refractivity contribution in [1.29, 1.82) is 0 Å². The molecule has 2 radical (unpaired) electrons. The quantitative estimate of drug-likeness (QED) is 0.103. The topological polar surface area (TPSA) is 292 Å². The normalized spacial score (nSPS) is 9.73. The van der Waals surface area contributed by atoms with Crippen molar-refractivity contribution in [2.45, 2.75) is 80.1 Å². The summed E-state index contributed by atoms with van der Waals surface area (Å²) < 4.78 is 0. The first kappa shape index (κ1) is 81.1. The fourth-order valence-corrected chi connectivity index (χ4v) is 8.62. The molecule has 0 N–H and O–H groups in total. The summed E-state index contributed by atoms with van der Waals surface area (Å²) in [5.41, 5.74) is 12.1. The molecule has 8 aromatic carbocycles. The maximum absolute atomic E-state index is 10.3. The average Bonchev–Trinajstić information content (AvgIpc) is 0.811. The fraction of sp³-hybridized carbons (Fsp3) is 0.154. The number of hydrogen-bond acceptors (Lipinski definition) is 16. The second-order valence-corrected chi connectivity index (χ2v) is 20.5. The molecule has 0 unspecified atom stereocenters. The minimum atomic E-state index is -1.12. The first-order chi connectivity index (χ1) is 45.3. The molecule has 4 heterocycles. The van der Waals surface area contributed by atoms with Crippen molar-refractivity contribution in [2.75, 3.05) is 0 Å². The summed E-state index contributed by atoms with van der Waals surface area (Å²) in [5, 5.41) is 66.3. The number of rotatable bonds is 12. The second kappa shape index (κ2) is 43.8. The molecule has 0 saturated carbocycles. The van der Waals surface area contributed by atoms with Gasteiger partial charge in [-0.15, -0.1) is 0 Å². The monoisotopic (exact) mass is 1560 g/mol. The van der Waals surface area contributed by atoms with Crippen LogP contribution in [-0.4, -0.2) is 55.8 Å². The summed E-state index contributed by atoms with van der Waals surface area (Å²) in [7, 11) is 0. The van der Waals surface area contributed by atoms with E-state index >= 15 is 0 Å². The number of hydrogen-bond donors (Lipinski definition) is 0. The minimum absolute atomic E-state index is 0. The van der Waals surface area contributed by atoms with Gasteiger partial charge in [-0.3, -0.25) is 19.9 Å². The van der Waals surface area contributed by atoms with Crippen LogP contribution >= 0.6 is 0 Å². The van der Waals surface area contributed by atoms with Crippen LogP contribution in [0.2, 0.25) is 0 Å². The maximum Gasteiger partial charge on any atom is 3.00 e. The van der Waals surface area contributed by atoms with Crippen molar-refractivity contribution in [1.82, 2.24) is 19.9 Å². The van der Waals surface area contributed by atoms with E-state index in [0.29, 0.717) is 0 Å². The number of aryl methyl sites for hydroxylation is 6. The number of fused-ring (bicyclic) bond motifs is 6. The number of carboxylic acids is 6. The van der Waals surface area contributed by atoms with Crippen molar-refractivity contribution in [2.24, 2.45) is 0 Å². The molecule has 12 aromatic rings. The summed E-state index contributed by atoms with van der Waals surface area (Å²) in [5.74, 6) is -6.71. The Bertz CT molecular complexity index is 3720. The Hall–Kier alpha value is -9.10. The van der Waals surface area contributed by atoms with E-state index in [1.54, 1.807) is 170 Å². The zero-order valence-corrected chi connectivity index (χ0v) is 59.1. The molecule has 486 valence electrons. The van der Waals surface area contributed by atoms with Crippen molar-refractivity contribution in [3.05, 3.63) is 310 Å². The first-order valence-corrected chi connectivity index (χ1v) is 30.3. The van der Waals surface area contributed by atoms with Crippen LogP contribution in [0.25, 0.3) is 43.6 Å². The molecule has 0 amide bonds. The number of pyridine rings is 4. The number of benzene rings is 8. The Kier molecular flexibility index (Phi) is 37.0. The first-order valence-electron chi connectivity index (χ1n) is 30.3. The standard InChI is InChI=1S/2C12H8N2.6C9H10O2.2Sm/c2*1-3-9-5-6-10-4-2-8-14-12(10)11(9)13-7-1;6*1-2-7-3-5-8(6-4-7)9(10)11;;/h2*1-8H;6*3-6H,2H2,1H3,(H,10,11);;/q;;;;;;;;2*+3/p-6. The fourth-order valence-electron chi connectivity index (χ4n) is 8.62. The smallest absolute Gasteiger partial charge is 0.545 e. The van der Waals surface area contributed by atoms with Gasteiger partial charge in [0, 0.05) is 46.3 Å². The third kappa shape index (κ3) is 27.0. The molecule has 16 nitrogen and oxygen atoms in total. The molecule has 0 saturated heterocycles. The van der Waals surface area contributed by atoms with Crippen LogP contribution in [-0.2, 0) is 38.5 Å². The van der Waals surface area contributed by atoms with Crippen LogP contribution in [0.1, 0.15) is 137 Å². The Morgan fingerprint density at radius 3 is 0.479 bits per heavy atom. The van der Waals surface area contributed by atoms with Crippen molar-refractivity contribution < 1.29 is 140 Å². The molecule has 0 atom stereocenters. The molecular weight excluding hydrogens is 1490 g/mol. The van der Waals surface area contributed by atoms with Gasteiger partial charge in [0.25, 0.3) is 0 Å². The number of aromatic carboxylic acids is 6. The number of carboxylic acid groups (broad SMARTS) is 6. The van der Waals surface area contributed by atoms with Crippen LogP contribution in [0, 0.1) is 80.8 Å². The van der Waals surface area contributed by atoms with Gasteiger partial charge in [-0.1, -0.05) is 236 Å². The zero-order valence-electron chi connectivity index (χ0n) is 53.8. The van der Waals surface area contributed by atoms with Crippen molar-refractivity contribution in [3.8, 4) is 0 Å². The minimum Gasteiger partial charge on any atom is -0.545 e. The van der Waals surface area contributed by atoms with E-state index < -0.39 is 35.8 Å². The third-order valence-electron chi connectivity index (χ3n) is 14.3. The molecule has 12 rings (SSSR count). The molecule has 0 aliphatic rings. The van der Waals surface area contributed by atoms with Gasteiger partial charge in [-0.2, -0.15) is 0 Å². The van der Waals surface area contributed by atoms with Crippen LogP contribution in [0.5, 0.6) is 0 Å². The Morgan fingerprint density at radius 2 is 0.365 bits per heavy atom. The van der Waals surface area contributed by atoms with E-state index in [1.165, 1.54) is 0 Å². The zero-order chi connectivity index (χ0) is 68.4. The van der Waals surface area contributed by atoms with E-state index in [1.807, 2.05) is 65.8 Å². The van der Waals surface area contributed by atoms with Gasteiger partial charge in [-0.05, 0) is 130 Å². The predicted molar refractivity (Wildman–Crippen MR) is 355 cm³/mol. The number of carbonyl (C=O) groups excluding carboxylic acids is 6. The summed E-state index contributed by atoms with van der Waals surface area (Å²) in [6, 6.07) is 64.6. The van der Waals surface area contributed by atoms with Crippen LogP contribution in [0.4, 0.5) is 0 Å². The largest absolute Gasteiger partial charge is 3.00 e. The van der Waals surface area contributed by atoms with E-state index in [-0.39, 0.29) is 114 Å². The average molecular weight is 1560 g/mol. The SMILES string of the molecule is CCc1ccc(C(=O)[O-])cc1.CCc1ccc(C(=O)[O-])cc1.CCc1ccc(C(=O)[O-])cc1.CCc1ccc(C(=O)[O-])cc1.CCc1ccc(C(=O)[O-])cc1.CCc1ccc(C(=O)[O-])cc1.[Sm+3].[Sm+3].c1cnc2c(c1)ccc1cccnc12.c1cnc2c(c1)ccc1cccnc12. The molecule has 96 heavy (non-hydrogen) atoms. The van der Waals surface area contributed by atoms with E-state index in [0.717, 1.165) is 116 Å². The van der Waals surface area contributed by atoms with Gasteiger partial charge in [0.2, 0.25) is 0 Å². The molecule has 18 heteroatoms. The molecule has 0 aliphatic carbocycles. The van der Waals surface area contributed by atoms with E-state index in [2.05, 4.69) is 68.5 Å². The summed E-state index contributed by atoms with van der Waals surface area (Å²) in [6.45, 7) is 12.1. The van der Waals surface area contributed by atoms with Gasteiger partial charge >= 0.3 is 80.8 Å². The number of aromatic nitrogens is 4. The van der Waals surface area contributed by atoms with Crippen molar-refractivity contribution in [3.63, 3.8) is 0 Å². The molecule has 0 spiro atoms. The van der Waals surface area contributed by atoms with Gasteiger partial charge in [-0.25, -0.2) is 0 Å². The third-order valence-corrected chi connectivity index (χ3v) is 14.3. The molecule has 0 bridgehead atoms. The summed E-state index contributed by atoms with van der Waals surface area (Å²) in [6.07, 6.45) is 12.8. The Labute approximate surface area is 623 Å². The van der Waals surface area contributed by atoms with E-state index in [4.69, 9.17) is 0 Å². The number of nitrogens with zero attached hydrogens (tertiary/aromatic N) is 4. The van der Waals surface area contributed by atoms with Crippen LogP contribution in [0.3, 0.4) is 0 Å². The van der Waals surface area contributed by atoms with Crippen LogP contribution < -0.4 is 30.6 Å².